The number of unbranched alkanes of at least 4 members (excludes halogenated alkanes) is 2. The van der Waals surface area contributed by atoms with E-state index in [1.54, 1.807) is 50.1 Å². The lowest BCUT2D eigenvalue weighted by atomic mass is 10.2. The topological polar surface area (TPSA) is 67.2 Å². The number of benzene rings is 2. The van der Waals surface area contributed by atoms with Crippen LogP contribution in [0.2, 0.25) is 0 Å². The molecule has 0 saturated carbocycles. The highest BCUT2D eigenvalue weighted by atomic mass is 32.2. The van der Waals surface area contributed by atoms with Crippen LogP contribution in [0.4, 0.5) is 5.69 Å². The van der Waals surface area contributed by atoms with Crippen molar-refractivity contribution in [2.45, 2.75) is 37.9 Å². The van der Waals surface area contributed by atoms with Crippen molar-refractivity contribution in [1.29, 1.82) is 0 Å². The molecule has 3 aromatic rings. The molecule has 0 aliphatic heterocycles. The van der Waals surface area contributed by atoms with Gasteiger partial charge in [-0.25, -0.2) is 4.98 Å². The Labute approximate surface area is 181 Å². The van der Waals surface area contributed by atoms with E-state index in [2.05, 4.69) is 12.2 Å². The van der Waals surface area contributed by atoms with Crippen molar-refractivity contribution in [3.8, 4) is 0 Å². The van der Waals surface area contributed by atoms with Crippen LogP contribution in [0, 0.1) is 0 Å². The van der Waals surface area contributed by atoms with Gasteiger partial charge in [-0.1, -0.05) is 43.7 Å². The molecule has 1 aromatic heterocycles. The molecule has 0 spiro atoms. The molecule has 1 heterocycles. The molecular weight excluding hydrogens is 396 g/mol. The number of rotatable bonds is 9. The van der Waals surface area contributed by atoms with Crippen molar-refractivity contribution in [3.05, 3.63) is 54.1 Å². The number of carbonyl (C=O) groups excluding carboxylic acids is 2. The van der Waals surface area contributed by atoms with Crippen LogP contribution < -0.4 is 5.32 Å². The molecule has 0 unspecified atom stereocenters. The lowest BCUT2D eigenvalue weighted by Crippen LogP contribution is -2.22. The number of amides is 2. The minimum Gasteiger partial charge on any atom is -0.345 e. The van der Waals surface area contributed by atoms with Gasteiger partial charge in [0.15, 0.2) is 5.16 Å². The molecular formula is C23H28N4O2S. The summed E-state index contributed by atoms with van der Waals surface area (Å²) in [5, 5.41) is 3.79. The molecule has 30 heavy (non-hydrogen) atoms. The monoisotopic (exact) mass is 424 g/mol. The first-order valence-corrected chi connectivity index (χ1v) is 11.2. The summed E-state index contributed by atoms with van der Waals surface area (Å²) in [5.41, 5.74) is 3.11. The largest absolute Gasteiger partial charge is 0.345 e. The third kappa shape index (κ3) is 5.42. The zero-order chi connectivity index (χ0) is 21.5. The van der Waals surface area contributed by atoms with Crippen molar-refractivity contribution in [2.75, 3.05) is 25.2 Å². The maximum absolute atomic E-state index is 12.7. The van der Waals surface area contributed by atoms with Crippen molar-refractivity contribution in [1.82, 2.24) is 14.5 Å². The van der Waals surface area contributed by atoms with Gasteiger partial charge in [0.1, 0.15) is 6.54 Å². The fraction of sp³-hybridized carbons (Fsp3) is 0.348. The Balaban J connectivity index is 1.71. The van der Waals surface area contributed by atoms with Gasteiger partial charge in [-0.2, -0.15) is 0 Å². The molecule has 1 N–H and O–H groups in total. The summed E-state index contributed by atoms with van der Waals surface area (Å²) in [6.07, 6.45) is 3.51. The first-order valence-electron chi connectivity index (χ1n) is 10.2. The number of nitrogens with zero attached hydrogens (tertiary/aromatic N) is 3. The average Bonchev–Trinajstić information content (AvgIpc) is 3.08. The van der Waals surface area contributed by atoms with Crippen LogP contribution in [0.25, 0.3) is 11.0 Å². The summed E-state index contributed by atoms with van der Waals surface area (Å²) in [4.78, 5) is 31.0. The molecule has 0 saturated heterocycles. The Morgan fingerprint density at radius 1 is 1.07 bits per heavy atom. The highest BCUT2D eigenvalue weighted by molar-refractivity contribution is 7.99. The summed E-state index contributed by atoms with van der Waals surface area (Å²) in [5.74, 6) is 0.794. The highest BCUT2D eigenvalue weighted by Crippen LogP contribution is 2.25. The van der Waals surface area contributed by atoms with Gasteiger partial charge in [0.2, 0.25) is 5.91 Å². The van der Waals surface area contributed by atoms with Gasteiger partial charge < -0.3 is 14.8 Å². The average molecular weight is 425 g/mol. The summed E-state index contributed by atoms with van der Waals surface area (Å²) in [7, 11) is 3.43. The molecule has 0 aliphatic rings. The summed E-state index contributed by atoms with van der Waals surface area (Å²) < 4.78 is 1.98. The molecule has 0 bridgehead atoms. The molecule has 0 fully saturated rings. The maximum atomic E-state index is 12.7. The SMILES string of the molecule is CCCCCSc1nc2ccccc2n1CC(=O)Nc1ccc(C(=O)N(C)C)cc1. The Kier molecular flexibility index (Phi) is 7.52. The Bertz CT molecular complexity index is 1010. The first kappa shape index (κ1) is 21.9. The number of nitrogens with one attached hydrogen (secondary N) is 1. The van der Waals surface area contributed by atoms with E-state index in [-0.39, 0.29) is 18.4 Å². The maximum Gasteiger partial charge on any atom is 0.253 e. The Morgan fingerprint density at radius 3 is 2.50 bits per heavy atom. The smallest absolute Gasteiger partial charge is 0.253 e. The fourth-order valence-corrected chi connectivity index (χ4v) is 4.14. The second-order valence-corrected chi connectivity index (χ2v) is 8.41. The molecule has 7 heteroatoms. The summed E-state index contributed by atoms with van der Waals surface area (Å²) in [6, 6.07) is 14.8. The Morgan fingerprint density at radius 2 is 1.80 bits per heavy atom. The zero-order valence-corrected chi connectivity index (χ0v) is 18.5. The van der Waals surface area contributed by atoms with E-state index in [9.17, 15) is 9.59 Å². The number of fused-ring (bicyclic) bond motifs is 1. The number of para-hydroxylation sites is 2. The Hall–Kier alpha value is -2.80. The van der Waals surface area contributed by atoms with Crippen molar-refractivity contribution >= 4 is 40.3 Å². The van der Waals surface area contributed by atoms with Crippen molar-refractivity contribution < 1.29 is 9.59 Å². The molecule has 3 rings (SSSR count). The van der Waals surface area contributed by atoms with Gasteiger partial charge in [0, 0.05) is 31.1 Å². The molecule has 0 aliphatic carbocycles. The van der Waals surface area contributed by atoms with E-state index in [4.69, 9.17) is 4.98 Å². The second kappa shape index (κ2) is 10.3. The number of imidazole rings is 1. The number of hydrogen-bond donors (Lipinski definition) is 1. The van der Waals surface area contributed by atoms with Crippen molar-refractivity contribution in [2.24, 2.45) is 0 Å². The third-order valence-corrected chi connectivity index (χ3v) is 5.78. The summed E-state index contributed by atoms with van der Waals surface area (Å²) >= 11 is 1.70. The standard InChI is InChI=1S/C23H28N4O2S/c1-4-5-8-15-30-23-25-19-9-6-7-10-20(19)27(23)16-21(28)24-18-13-11-17(12-14-18)22(29)26(2)3/h6-7,9-14H,4-5,8,15-16H2,1-3H3,(H,24,28). The van der Waals surface area contributed by atoms with E-state index in [0.717, 1.165) is 28.4 Å². The minimum atomic E-state index is -0.125. The van der Waals surface area contributed by atoms with Gasteiger partial charge in [0.05, 0.1) is 11.0 Å². The van der Waals surface area contributed by atoms with Gasteiger partial charge in [-0.15, -0.1) is 0 Å². The van der Waals surface area contributed by atoms with Crippen LogP contribution >= 0.6 is 11.8 Å². The van der Waals surface area contributed by atoms with Crippen LogP contribution in [-0.4, -0.2) is 46.1 Å². The molecule has 158 valence electrons. The summed E-state index contributed by atoms with van der Waals surface area (Å²) in [6.45, 7) is 2.38. The number of aromatic nitrogens is 2. The minimum absolute atomic E-state index is 0.0671. The van der Waals surface area contributed by atoms with Crippen LogP contribution in [0.1, 0.15) is 36.5 Å². The van der Waals surface area contributed by atoms with Gasteiger partial charge >= 0.3 is 0 Å². The fourth-order valence-electron chi connectivity index (χ4n) is 3.13. The van der Waals surface area contributed by atoms with Crippen LogP contribution in [0.3, 0.4) is 0 Å². The third-order valence-electron chi connectivity index (χ3n) is 4.72. The lowest BCUT2D eigenvalue weighted by molar-refractivity contribution is -0.116. The van der Waals surface area contributed by atoms with Crippen LogP contribution in [0.15, 0.2) is 53.7 Å². The quantitative estimate of drug-likeness (QED) is 0.401. The predicted molar refractivity (Wildman–Crippen MR) is 123 cm³/mol. The van der Waals surface area contributed by atoms with Gasteiger partial charge in [-0.05, 0) is 42.8 Å². The van der Waals surface area contributed by atoms with Crippen LogP contribution in [0.5, 0.6) is 0 Å². The molecule has 2 amide bonds. The second-order valence-electron chi connectivity index (χ2n) is 7.35. The molecule has 2 aromatic carbocycles. The number of carbonyl (C=O) groups is 2. The highest BCUT2D eigenvalue weighted by Gasteiger charge is 2.14. The zero-order valence-electron chi connectivity index (χ0n) is 17.7. The molecule has 0 atom stereocenters. The van der Waals surface area contributed by atoms with Crippen LogP contribution in [-0.2, 0) is 11.3 Å². The molecule has 0 radical (unpaired) electrons. The van der Waals surface area contributed by atoms with E-state index >= 15 is 0 Å². The normalized spacial score (nSPS) is 10.9. The number of hydrogen-bond acceptors (Lipinski definition) is 4. The van der Waals surface area contributed by atoms with E-state index in [0.29, 0.717) is 11.3 Å². The molecule has 6 nitrogen and oxygen atoms in total. The number of anilines is 1. The first-order chi connectivity index (χ1) is 14.5. The van der Waals surface area contributed by atoms with Gasteiger partial charge in [0.25, 0.3) is 5.91 Å². The lowest BCUT2D eigenvalue weighted by Gasteiger charge is -2.12. The van der Waals surface area contributed by atoms with E-state index in [1.807, 2.05) is 28.8 Å². The van der Waals surface area contributed by atoms with E-state index in [1.165, 1.54) is 17.7 Å². The van der Waals surface area contributed by atoms with Gasteiger partial charge in [-0.3, -0.25) is 9.59 Å². The predicted octanol–water partition coefficient (Wildman–Crippen LogP) is 4.66. The van der Waals surface area contributed by atoms with Crippen molar-refractivity contribution in [3.63, 3.8) is 0 Å². The number of thioether (sulfide) groups is 1. The van der Waals surface area contributed by atoms with E-state index < -0.39 is 0 Å².